The van der Waals surface area contributed by atoms with Gasteiger partial charge in [0.2, 0.25) is 5.91 Å². The van der Waals surface area contributed by atoms with Gasteiger partial charge >= 0.3 is 0 Å². The molecule has 0 spiro atoms. The van der Waals surface area contributed by atoms with E-state index in [2.05, 4.69) is 5.32 Å². The highest BCUT2D eigenvalue weighted by Crippen LogP contribution is 2.20. The van der Waals surface area contributed by atoms with Gasteiger partial charge in [0.1, 0.15) is 0 Å². The van der Waals surface area contributed by atoms with Crippen LogP contribution >= 0.6 is 0 Å². The van der Waals surface area contributed by atoms with Crippen LogP contribution in [0.5, 0.6) is 0 Å². The molecule has 1 aromatic rings. The zero-order chi connectivity index (χ0) is 13.7. The lowest BCUT2D eigenvalue weighted by Crippen LogP contribution is -2.36. The molecule has 1 aliphatic heterocycles. The highest BCUT2D eigenvalue weighted by atomic mass is 16.2. The first-order valence-corrected chi connectivity index (χ1v) is 7.05. The van der Waals surface area contributed by atoms with Gasteiger partial charge in [-0.15, -0.1) is 0 Å². The summed E-state index contributed by atoms with van der Waals surface area (Å²) >= 11 is 0. The number of benzene rings is 1. The molecule has 19 heavy (non-hydrogen) atoms. The van der Waals surface area contributed by atoms with Gasteiger partial charge in [0.25, 0.3) is 0 Å². The van der Waals surface area contributed by atoms with Crippen molar-refractivity contribution < 1.29 is 4.79 Å². The average Bonchev–Trinajstić information content (AvgIpc) is 2.44. The quantitative estimate of drug-likeness (QED) is 0.818. The van der Waals surface area contributed by atoms with Gasteiger partial charge in [-0.3, -0.25) is 4.79 Å². The van der Waals surface area contributed by atoms with E-state index in [1.165, 1.54) is 6.42 Å². The molecule has 2 rings (SSSR count). The molecule has 104 valence electrons. The van der Waals surface area contributed by atoms with Gasteiger partial charge in [-0.1, -0.05) is 6.07 Å². The van der Waals surface area contributed by atoms with Gasteiger partial charge in [-0.25, -0.2) is 0 Å². The van der Waals surface area contributed by atoms with Crippen molar-refractivity contribution in [2.24, 2.45) is 0 Å². The van der Waals surface area contributed by atoms with Crippen molar-refractivity contribution in [2.75, 3.05) is 30.7 Å². The number of nitrogens with two attached hydrogens (primary N) is 1. The number of hydrogen-bond donors (Lipinski definition) is 2. The lowest BCUT2D eigenvalue weighted by atomic mass is 10.1. The molecule has 0 aromatic heterocycles. The number of amides is 1. The lowest BCUT2D eigenvalue weighted by Gasteiger charge is -2.26. The second-order valence-electron chi connectivity index (χ2n) is 5.14. The smallest absolute Gasteiger partial charge is 0.224 e. The SMILES string of the molecule is Cc1c(N)cccc1NCCC(=O)N1CCCCC1. The summed E-state index contributed by atoms with van der Waals surface area (Å²) in [5.74, 6) is 0.258. The van der Waals surface area contributed by atoms with Crippen molar-refractivity contribution in [3.05, 3.63) is 23.8 Å². The summed E-state index contributed by atoms with van der Waals surface area (Å²) in [6.07, 6.45) is 4.10. The molecule has 4 heteroatoms. The van der Waals surface area contributed by atoms with E-state index in [1.54, 1.807) is 0 Å². The van der Waals surface area contributed by atoms with Crippen LogP contribution in [0.2, 0.25) is 0 Å². The Morgan fingerprint density at radius 3 is 2.79 bits per heavy atom. The fraction of sp³-hybridized carbons (Fsp3) is 0.533. The number of nitrogen functional groups attached to an aromatic ring is 1. The molecule has 4 nitrogen and oxygen atoms in total. The first-order valence-electron chi connectivity index (χ1n) is 7.05. The molecule has 0 aliphatic carbocycles. The van der Waals surface area contributed by atoms with Crippen molar-refractivity contribution in [2.45, 2.75) is 32.6 Å². The minimum Gasteiger partial charge on any atom is -0.398 e. The van der Waals surface area contributed by atoms with E-state index in [1.807, 2.05) is 30.0 Å². The number of hydrogen-bond acceptors (Lipinski definition) is 3. The summed E-state index contributed by atoms with van der Waals surface area (Å²) in [6.45, 7) is 4.51. The van der Waals surface area contributed by atoms with Crippen molar-refractivity contribution in [3.8, 4) is 0 Å². The topological polar surface area (TPSA) is 58.4 Å². The summed E-state index contributed by atoms with van der Waals surface area (Å²) in [5, 5.41) is 3.30. The van der Waals surface area contributed by atoms with E-state index in [-0.39, 0.29) is 5.91 Å². The minimum atomic E-state index is 0.258. The maximum atomic E-state index is 12.0. The van der Waals surface area contributed by atoms with E-state index in [4.69, 9.17) is 5.73 Å². The Morgan fingerprint density at radius 1 is 1.32 bits per heavy atom. The first-order chi connectivity index (χ1) is 9.18. The number of carbonyl (C=O) groups is 1. The molecule has 1 fully saturated rings. The van der Waals surface area contributed by atoms with Gasteiger partial charge in [-0.2, -0.15) is 0 Å². The van der Waals surface area contributed by atoms with Crippen LogP contribution in [0.15, 0.2) is 18.2 Å². The zero-order valence-electron chi connectivity index (χ0n) is 11.6. The summed E-state index contributed by atoms with van der Waals surface area (Å²) < 4.78 is 0. The third kappa shape index (κ3) is 3.63. The zero-order valence-corrected chi connectivity index (χ0v) is 11.6. The van der Waals surface area contributed by atoms with Crippen LogP contribution in [-0.2, 0) is 4.79 Å². The molecule has 0 atom stereocenters. The molecule has 0 radical (unpaired) electrons. The Hall–Kier alpha value is -1.71. The Bertz CT molecular complexity index is 439. The molecule has 1 saturated heterocycles. The lowest BCUT2D eigenvalue weighted by molar-refractivity contribution is -0.131. The normalized spacial score (nSPS) is 15.3. The van der Waals surface area contributed by atoms with Crippen LogP contribution in [0, 0.1) is 6.92 Å². The van der Waals surface area contributed by atoms with Crippen LogP contribution in [0.1, 0.15) is 31.2 Å². The Labute approximate surface area is 115 Å². The summed E-state index contributed by atoms with van der Waals surface area (Å²) in [5.41, 5.74) is 8.71. The van der Waals surface area contributed by atoms with Crippen molar-refractivity contribution >= 4 is 17.3 Å². The first kappa shape index (κ1) is 13.7. The van der Waals surface area contributed by atoms with E-state index >= 15 is 0 Å². The number of nitrogens with zero attached hydrogens (tertiary/aromatic N) is 1. The summed E-state index contributed by atoms with van der Waals surface area (Å²) in [4.78, 5) is 14.0. The largest absolute Gasteiger partial charge is 0.398 e. The third-order valence-electron chi connectivity index (χ3n) is 3.74. The Morgan fingerprint density at radius 2 is 2.05 bits per heavy atom. The average molecular weight is 261 g/mol. The van der Waals surface area contributed by atoms with Crippen LogP contribution in [-0.4, -0.2) is 30.4 Å². The molecule has 1 aromatic carbocycles. The van der Waals surface area contributed by atoms with Crippen molar-refractivity contribution in [3.63, 3.8) is 0 Å². The molecule has 3 N–H and O–H groups in total. The molecular weight excluding hydrogens is 238 g/mol. The number of piperidine rings is 1. The highest BCUT2D eigenvalue weighted by Gasteiger charge is 2.15. The van der Waals surface area contributed by atoms with Crippen molar-refractivity contribution in [1.29, 1.82) is 0 Å². The maximum Gasteiger partial charge on any atom is 0.224 e. The van der Waals surface area contributed by atoms with Crippen LogP contribution in [0.3, 0.4) is 0 Å². The summed E-state index contributed by atoms with van der Waals surface area (Å²) in [6, 6.07) is 5.81. The fourth-order valence-corrected chi connectivity index (χ4v) is 2.45. The van der Waals surface area contributed by atoms with Gasteiger partial charge in [0.15, 0.2) is 0 Å². The minimum absolute atomic E-state index is 0.258. The molecule has 0 bridgehead atoms. The second-order valence-corrected chi connectivity index (χ2v) is 5.14. The molecule has 1 amide bonds. The number of carbonyl (C=O) groups excluding carboxylic acids is 1. The van der Waals surface area contributed by atoms with Crippen molar-refractivity contribution in [1.82, 2.24) is 4.90 Å². The Kier molecular flexibility index (Phi) is 4.66. The van der Waals surface area contributed by atoms with Crippen LogP contribution in [0.4, 0.5) is 11.4 Å². The molecule has 1 aliphatic rings. The van der Waals surface area contributed by atoms with E-state index in [0.717, 1.165) is 42.9 Å². The van der Waals surface area contributed by atoms with Crippen LogP contribution < -0.4 is 11.1 Å². The van der Waals surface area contributed by atoms with E-state index < -0.39 is 0 Å². The number of rotatable bonds is 4. The number of anilines is 2. The van der Waals surface area contributed by atoms with E-state index in [9.17, 15) is 4.79 Å². The fourth-order valence-electron chi connectivity index (χ4n) is 2.45. The second kappa shape index (κ2) is 6.45. The van der Waals surface area contributed by atoms with E-state index in [0.29, 0.717) is 13.0 Å². The van der Waals surface area contributed by atoms with Crippen LogP contribution in [0.25, 0.3) is 0 Å². The standard InChI is InChI=1S/C15H23N3O/c1-12-13(16)6-5-7-14(12)17-9-8-15(19)18-10-3-2-4-11-18/h5-7,17H,2-4,8-11,16H2,1H3. The molecule has 0 saturated carbocycles. The highest BCUT2D eigenvalue weighted by molar-refractivity contribution is 5.77. The predicted molar refractivity (Wildman–Crippen MR) is 79.1 cm³/mol. The molecule has 1 heterocycles. The maximum absolute atomic E-state index is 12.0. The van der Waals surface area contributed by atoms with Gasteiger partial charge in [-0.05, 0) is 43.9 Å². The number of likely N-dealkylation sites (tertiary alicyclic amines) is 1. The van der Waals surface area contributed by atoms with Gasteiger partial charge in [0, 0.05) is 37.4 Å². The third-order valence-corrected chi connectivity index (χ3v) is 3.74. The molecule has 0 unspecified atom stereocenters. The van der Waals surface area contributed by atoms with Gasteiger partial charge < -0.3 is 16.0 Å². The number of nitrogens with one attached hydrogen (secondary N) is 1. The monoisotopic (exact) mass is 261 g/mol. The molecular formula is C15H23N3O. The predicted octanol–water partition coefficient (Wildman–Crippen LogP) is 2.39. The summed E-state index contributed by atoms with van der Waals surface area (Å²) in [7, 11) is 0. The van der Waals surface area contributed by atoms with Gasteiger partial charge in [0.05, 0.1) is 0 Å². The Balaban J connectivity index is 1.79.